The van der Waals surface area contributed by atoms with Gasteiger partial charge >= 0.3 is 0 Å². The molecule has 0 radical (unpaired) electrons. The first-order valence-corrected chi connectivity index (χ1v) is 6.33. The minimum absolute atomic E-state index is 0.338. The van der Waals surface area contributed by atoms with Crippen LogP contribution in [0.4, 0.5) is 0 Å². The molecule has 0 saturated carbocycles. The fourth-order valence-electron chi connectivity index (χ4n) is 2.46. The maximum Gasteiger partial charge on any atom is 0.173 e. The lowest BCUT2D eigenvalue weighted by atomic mass is 9.89. The molecule has 18 heavy (non-hydrogen) atoms. The van der Waals surface area contributed by atoms with Crippen molar-refractivity contribution in [3.63, 3.8) is 0 Å². The van der Waals surface area contributed by atoms with E-state index in [9.17, 15) is 0 Å². The zero-order chi connectivity index (χ0) is 12.5. The lowest BCUT2D eigenvalue weighted by Gasteiger charge is -2.27. The molecular formula is C16H16O2. The SMILES string of the molecule is CCOc1cccc2c1Oc1ccccc1C2C. The Kier molecular flexibility index (Phi) is 2.71. The molecule has 1 aliphatic rings. The van der Waals surface area contributed by atoms with Crippen LogP contribution in [0.25, 0.3) is 0 Å². The van der Waals surface area contributed by atoms with E-state index in [0.29, 0.717) is 12.5 Å². The molecule has 0 spiro atoms. The summed E-state index contributed by atoms with van der Waals surface area (Å²) in [5, 5.41) is 0. The van der Waals surface area contributed by atoms with Crippen molar-refractivity contribution in [2.45, 2.75) is 19.8 Å². The third kappa shape index (κ3) is 1.65. The van der Waals surface area contributed by atoms with E-state index in [-0.39, 0.29) is 0 Å². The molecule has 1 aliphatic heterocycles. The van der Waals surface area contributed by atoms with Crippen molar-refractivity contribution in [2.75, 3.05) is 6.61 Å². The van der Waals surface area contributed by atoms with Crippen molar-refractivity contribution in [1.29, 1.82) is 0 Å². The van der Waals surface area contributed by atoms with E-state index in [0.717, 1.165) is 17.2 Å². The van der Waals surface area contributed by atoms with Crippen LogP contribution in [0.2, 0.25) is 0 Å². The molecule has 0 bridgehead atoms. The van der Waals surface area contributed by atoms with Crippen LogP contribution in [0.1, 0.15) is 30.9 Å². The van der Waals surface area contributed by atoms with Crippen LogP contribution >= 0.6 is 0 Å². The van der Waals surface area contributed by atoms with Gasteiger partial charge in [0.15, 0.2) is 11.5 Å². The van der Waals surface area contributed by atoms with Gasteiger partial charge in [0.05, 0.1) is 6.61 Å². The van der Waals surface area contributed by atoms with E-state index in [1.807, 2.05) is 31.2 Å². The van der Waals surface area contributed by atoms with Crippen LogP contribution < -0.4 is 9.47 Å². The molecular weight excluding hydrogens is 224 g/mol. The van der Waals surface area contributed by atoms with Gasteiger partial charge in [-0.25, -0.2) is 0 Å². The molecule has 2 aromatic rings. The monoisotopic (exact) mass is 240 g/mol. The van der Waals surface area contributed by atoms with Gasteiger partial charge in [-0.15, -0.1) is 0 Å². The number of hydrogen-bond donors (Lipinski definition) is 0. The highest BCUT2D eigenvalue weighted by atomic mass is 16.5. The first kappa shape index (κ1) is 11.1. The number of hydrogen-bond acceptors (Lipinski definition) is 2. The van der Waals surface area contributed by atoms with Gasteiger partial charge in [-0.05, 0) is 19.1 Å². The smallest absolute Gasteiger partial charge is 0.173 e. The molecule has 2 aromatic carbocycles. The van der Waals surface area contributed by atoms with E-state index >= 15 is 0 Å². The molecule has 0 amide bonds. The Morgan fingerprint density at radius 3 is 2.67 bits per heavy atom. The summed E-state index contributed by atoms with van der Waals surface area (Å²) in [5.74, 6) is 2.97. The number of ether oxygens (including phenoxy) is 2. The summed E-state index contributed by atoms with van der Waals surface area (Å²) in [6.07, 6.45) is 0. The lowest BCUT2D eigenvalue weighted by molar-refractivity contribution is 0.316. The Hall–Kier alpha value is -1.96. The predicted molar refractivity (Wildman–Crippen MR) is 71.6 cm³/mol. The summed E-state index contributed by atoms with van der Waals surface area (Å²) in [7, 11) is 0. The second kappa shape index (κ2) is 4.37. The maximum atomic E-state index is 6.01. The van der Waals surface area contributed by atoms with Crippen molar-refractivity contribution in [3.05, 3.63) is 53.6 Å². The first-order chi connectivity index (χ1) is 8.81. The second-order valence-corrected chi connectivity index (χ2v) is 4.47. The molecule has 1 heterocycles. The van der Waals surface area contributed by atoms with E-state index in [1.165, 1.54) is 11.1 Å². The summed E-state index contributed by atoms with van der Waals surface area (Å²) in [6.45, 7) is 4.84. The molecule has 92 valence electrons. The normalized spacial score (nSPS) is 16.4. The van der Waals surface area contributed by atoms with Crippen LogP contribution in [-0.4, -0.2) is 6.61 Å². The second-order valence-electron chi connectivity index (χ2n) is 4.47. The summed E-state index contributed by atoms with van der Waals surface area (Å²) < 4.78 is 11.6. The van der Waals surface area contributed by atoms with E-state index < -0.39 is 0 Å². The average Bonchev–Trinajstić information content (AvgIpc) is 2.40. The third-order valence-electron chi connectivity index (χ3n) is 3.37. The van der Waals surface area contributed by atoms with Crippen LogP contribution in [0.3, 0.4) is 0 Å². The Labute approximate surface area is 107 Å². The Morgan fingerprint density at radius 1 is 1.06 bits per heavy atom. The molecule has 0 aromatic heterocycles. The quantitative estimate of drug-likeness (QED) is 0.777. The summed E-state index contributed by atoms with van der Waals surface area (Å²) in [5.41, 5.74) is 2.43. The van der Waals surface area contributed by atoms with Gasteiger partial charge < -0.3 is 9.47 Å². The van der Waals surface area contributed by atoms with Crippen molar-refractivity contribution in [3.8, 4) is 17.2 Å². The first-order valence-electron chi connectivity index (χ1n) is 6.33. The van der Waals surface area contributed by atoms with Crippen molar-refractivity contribution >= 4 is 0 Å². The van der Waals surface area contributed by atoms with Crippen molar-refractivity contribution in [1.82, 2.24) is 0 Å². The van der Waals surface area contributed by atoms with Gasteiger partial charge in [0.2, 0.25) is 0 Å². The standard InChI is InChI=1S/C16H16O2/c1-3-17-15-10-6-8-13-11(2)12-7-4-5-9-14(12)18-16(13)15/h4-11H,3H2,1-2H3. The van der Waals surface area contributed by atoms with Gasteiger partial charge in [-0.2, -0.15) is 0 Å². The third-order valence-corrected chi connectivity index (χ3v) is 3.37. The molecule has 1 atom stereocenters. The largest absolute Gasteiger partial charge is 0.490 e. The van der Waals surface area contributed by atoms with Gasteiger partial charge in [0, 0.05) is 17.0 Å². The molecule has 2 heteroatoms. The predicted octanol–water partition coefficient (Wildman–Crippen LogP) is 4.34. The van der Waals surface area contributed by atoms with Gasteiger partial charge in [0.1, 0.15) is 5.75 Å². The van der Waals surface area contributed by atoms with Crippen LogP contribution in [0.5, 0.6) is 17.2 Å². The minimum atomic E-state index is 0.338. The van der Waals surface area contributed by atoms with Gasteiger partial charge in [-0.1, -0.05) is 37.3 Å². The average molecular weight is 240 g/mol. The van der Waals surface area contributed by atoms with Crippen LogP contribution in [-0.2, 0) is 0 Å². The number of rotatable bonds is 2. The summed E-state index contributed by atoms with van der Waals surface area (Å²) >= 11 is 0. The maximum absolute atomic E-state index is 6.01. The Bertz CT molecular complexity index is 575. The Balaban J connectivity index is 2.12. The molecule has 0 aliphatic carbocycles. The molecule has 0 N–H and O–H groups in total. The number of benzene rings is 2. The fourth-order valence-corrected chi connectivity index (χ4v) is 2.46. The highest BCUT2D eigenvalue weighted by molar-refractivity contribution is 5.58. The van der Waals surface area contributed by atoms with E-state index in [2.05, 4.69) is 25.1 Å². The summed E-state index contributed by atoms with van der Waals surface area (Å²) in [4.78, 5) is 0. The lowest BCUT2D eigenvalue weighted by Crippen LogP contribution is -2.08. The molecule has 0 saturated heterocycles. The fraction of sp³-hybridized carbons (Fsp3) is 0.250. The number of para-hydroxylation sites is 2. The molecule has 1 unspecified atom stereocenters. The van der Waals surface area contributed by atoms with Crippen molar-refractivity contribution in [2.24, 2.45) is 0 Å². The van der Waals surface area contributed by atoms with E-state index in [1.54, 1.807) is 0 Å². The zero-order valence-electron chi connectivity index (χ0n) is 10.6. The topological polar surface area (TPSA) is 18.5 Å². The molecule has 2 nitrogen and oxygen atoms in total. The minimum Gasteiger partial charge on any atom is -0.490 e. The highest BCUT2D eigenvalue weighted by Gasteiger charge is 2.25. The molecule has 3 rings (SSSR count). The van der Waals surface area contributed by atoms with E-state index in [4.69, 9.17) is 9.47 Å². The Morgan fingerprint density at radius 2 is 1.83 bits per heavy atom. The van der Waals surface area contributed by atoms with Gasteiger partial charge in [-0.3, -0.25) is 0 Å². The van der Waals surface area contributed by atoms with Crippen molar-refractivity contribution < 1.29 is 9.47 Å². The van der Waals surface area contributed by atoms with Crippen LogP contribution in [0.15, 0.2) is 42.5 Å². The number of fused-ring (bicyclic) bond motifs is 2. The van der Waals surface area contributed by atoms with Gasteiger partial charge in [0.25, 0.3) is 0 Å². The highest BCUT2D eigenvalue weighted by Crippen LogP contribution is 2.47. The molecule has 0 fully saturated rings. The van der Waals surface area contributed by atoms with Crippen LogP contribution in [0, 0.1) is 0 Å². The zero-order valence-corrected chi connectivity index (χ0v) is 10.6. The summed E-state index contributed by atoms with van der Waals surface area (Å²) in [6, 6.07) is 14.3.